The van der Waals surface area contributed by atoms with E-state index in [0.717, 1.165) is 12.8 Å². The van der Waals surface area contributed by atoms with E-state index in [9.17, 15) is 4.79 Å². The number of hydrogen-bond acceptors (Lipinski definition) is 1. The number of allylic oxidation sites excluding steroid dienone is 1. The average Bonchev–Trinajstić information content (AvgIpc) is 1.87. The number of rotatable bonds is 5. The van der Waals surface area contributed by atoms with Crippen molar-refractivity contribution in [2.45, 2.75) is 26.2 Å². The third-order valence-corrected chi connectivity index (χ3v) is 1.05. The number of hydrogen-bond donors (Lipinski definition) is 1. The molecule has 0 aromatic heterocycles. The minimum atomic E-state index is -0.771. The Morgan fingerprint density at radius 1 is 1.50 bits per heavy atom. The van der Waals surface area contributed by atoms with Crippen LogP contribution in [0, 0.1) is 13.8 Å². The molecular formula is C9H16O2Y-2. The summed E-state index contributed by atoms with van der Waals surface area (Å²) in [7, 11) is 0. The molecular weight excluding hydrogens is 229 g/mol. The topological polar surface area (TPSA) is 37.3 Å². The predicted molar refractivity (Wildman–Crippen MR) is 47.0 cm³/mol. The van der Waals surface area contributed by atoms with Crippen molar-refractivity contribution in [2.24, 2.45) is 0 Å². The Balaban J connectivity index is -0.000000405. The van der Waals surface area contributed by atoms with Crippen molar-refractivity contribution >= 4 is 5.97 Å². The van der Waals surface area contributed by atoms with E-state index >= 15 is 0 Å². The quantitative estimate of drug-likeness (QED) is 0.459. The number of carbonyl (C=O) groups is 1. The Kier molecular flexibility index (Phi) is 21.0. The van der Waals surface area contributed by atoms with Gasteiger partial charge in [0.2, 0.25) is 0 Å². The first kappa shape index (κ1) is 18.2. The Morgan fingerprint density at radius 2 is 2.08 bits per heavy atom. The van der Waals surface area contributed by atoms with Gasteiger partial charge in [0.1, 0.15) is 0 Å². The van der Waals surface area contributed by atoms with Gasteiger partial charge in [0.05, 0.1) is 6.42 Å². The Labute approximate surface area is 100 Å². The van der Waals surface area contributed by atoms with Crippen molar-refractivity contribution in [3.63, 3.8) is 0 Å². The van der Waals surface area contributed by atoms with Gasteiger partial charge in [0.25, 0.3) is 0 Å². The van der Waals surface area contributed by atoms with Crippen LogP contribution < -0.4 is 0 Å². The van der Waals surface area contributed by atoms with Gasteiger partial charge in [-0.1, -0.05) is 13.0 Å². The molecule has 0 atom stereocenters. The van der Waals surface area contributed by atoms with Gasteiger partial charge in [-0.15, -0.1) is 6.08 Å². The molecule has 0 bridgehead atoms. The van der Waals surface area contributed by atoms with E-state index in [4.69, 9.17) is 5.11 Å². The fourth-order valence-electron chi connectivity index (χ4n) is 0.543. The molecule has 0 spiro atoms. The fourth-order valence-corrected chi connectivity index (χ4v) is 0.543. The first-order valence-corrected chi connectivity index (χ1v) is 3.45. The van der Waals surface area contributed by atoms with E-state index in [1.807, 2.05) is 6.08 Å². The summed E-state index contributed by atoms with van der Waals surface area (Å²) in [5.74, 6) is -0.771. The summed E-state index contributed by atoms with van der Waals surface area (Å²) >= 11 is 0. The molecule has 2 nitrogen and oxygen atoms in total. The number of carboxylic acids is 1. The van der Waals surface area contributed by atoms with Crippen LogP contribution in [-0.2, 0) is 37.5 Å². The molecule has 0 fully saturated rings. The van der Waals surface area contributed by atoms with Gasteiger partial charge in [-0.05, 0) is 0 Å². The number of carboxylic acid groups (broad SMARTS) is 1. The van der Waals surface area contributed by atoms with Gasteiger partial charge in [0, 0.05) is 32.7 Å². The summed E-state index contributed by atoms with van der Waals surface area (Å²) in [5, 5.41) is 8.21. The maximum absolute atomic E-state index is 9.97. The van der Waals surface area contributed by atoms with Crippen LogP contribution in [0.5, 0.6) is 0 Å². The van der Waals surface area contributed by atoms with E-state index in [2.05, 4.69) is 13.3 Å². The molecule has 0 unspecified atom stereocenters. The van der Waals surface area contributed by atoms with Gasteiger partial charge in [-0.3, -0.25) is 4.79 Å². The molecule has 0 saturated carbocycles. The fraction of sp³-hybridized carbons (Fsp3) is 0.444. The molecule has 0 aliphatic carbocycles. The van der Waals surface area contributed by atoms with Gasteiger partial charge < -0.3 is 19.0 Å². The first-order chi connectivity index (χ1) is 4.77. The molecule has 0 aliphatic rings. The van der Waals surface area contributed by atoms with Gasteiger partial charge in [-0.2, -0.15) is 12.8 Å². The molecule has 0 amide bonds. The molecule has 0 heterocycles. The number of unbranched alkanes of at least 4 members (excludes halogenated alkanes) is 2. The molecule has 3 heteroatoms. The van der Waals surface area contributed by atoms with Crippen LogP contribution in [-0.4, -0.2) is 11.1 Å². The van der Waals surface area contributed by atoms with Crippen LogP contribution in [0.2, 0.25) is 0 Å². The molecule has 0 aliphatic heterocycles. The molecule has 69 valence electrons. The zero-order valence-electron chi connectivity index (χ0n) is 7.79. The minimum absolute atomic E-state index is 0. The normalized spacial score (nSPS) is 8.75. The second-order valence-electron chi connectivity index (χ2n) is 2.00. The predicted octanol–water partition coefficient (Wildman–Crippen LogP) is 2.47. The molecule has 0 saturated heterocycles. The smallest absolute Gasteiger partial charge is 0.307 e. The first-order valence-electron chi connectivity index (χ1n) is 3.45. The van der Waals surface area contributed by atoms with E-state index in [1.54, 1.807) is 6.08 Å². The van der Waals surface area contributed by atoms with Crippen molar-refractivity contribution < 1.29 is 42.6 Å². The Hall–Kier alpha value is 0.314. The van der Waals surface area contributed by atoms with E-state index in [-0.39, 0.29) is 46.6 Å². The summed E-state index contributed by atoms with van der Waals surface area (Å²) in [6.45, 7) is 2.06. The van der Waals surface area contributed by atoms with E-state index in [1.165, 1.54) is 0 Å². The molecule has 0 aromatic carbocycles. The minimum Gasteiger partial charge on any atom is -0.481 e. The van der Waals surface area contributed by atoms with Crippen LogP contribution in [0.3, 0.4) is 0 Å². The second kappa shape index (κ2) is 13.9. The monoisotopic (exact) mass is 245 g/mol. The Bertz CT molecular complexity index is 122. The van der Waals surface area contributed by atoms with Crippen molar-refractivity contribution in [1.82, 2.24) is 0 Å². The van der Waals surface area contributed by atoms with Crippen molar-refractivity contribution in [2.75, 3.05) is 0 Å². The third-order valence-electron chi connectivity index (χ3n) is 1.05. The average molecular weight is 245 g/mol. The van der Waals surface area contributed by atoms with E-state index in [0.29, 0.717) is 0 Å². The maximum atomic E-state index is 9.97. The van der Waals surface area contributed by atoms with Crippen LogP contribution in [0.25, 0.3) is 0 Å². The van der Waals surface area contributed by atoms with Crippen molar-refractivity contribution in [1.29, 1.82) is 0 Å². The summed E-state index contributed by atoms with van der Waals surface area (Å²) in [6, 6.07) is 0. The zero-order valence-corrected chi connectivity index (χ0v) is 10.6. The van der Waals surface area contributed by atoms with Crippen LogP contribution in [0.4, 0.5) is 0 Å². The maximum Gasteiger partial charge on any atom is 0.307 e. The summed E-state index contributed by atoms with van der Waals surface area (Å²) in [4.78, 5) is 9.97. The zero-order chi connectivity index (χ0) is 7.82. The van der Waals surface area contributed by atoms with E-state index < -0.39 is 5.97 Å². The third kappa shape index (κ3) is 16.7. The van der Waals surface area contributed by atoms with Gasteiger partial charge >= 0.3 is 5.97 Å². The molecule has 1 N–H and O–H groups in total. The summed E-state index contributed by atoms with van der Waals surface area (Å²) < 4.78 is 0. The molecule has 0 rings (SSSR count). The SMILES string of the molecule is CC[CH-]CC=CCC(=O)O.[CH3-].[Y]. The van der Waals surface area contributed by atoms with Gasteiger partial charge in [-0.25, -0.2) is 0 Å². The van der Waals surface area contributed by atoms with Crippen LogP contribution >= 0.6 is 0 Å². The Morgan fingerprint density at radius 3 is 2.50 bits per heavy atom. The molecule has 12 heavy (non-hydrogen) atoms. The van der Waals surface area contributed by atoms with Crippen LogP contribution in [0.15, 0.2) is 12.2 Å². The summed E-state index contributed by atoms with van der Waals surface area (Å²) in [5.41, 5.74) is 0. The summed E-state index contributed by atoms with van der Waals surface area (Å²) in [6.07, 6.45) is 7.70. The number of aliphatic carboxylic acids is 1. The van der Waals surface area contributed by atoms with Crippen molar-refractivity contribution in [3.8, 4) is 0 Å². The largest absolute Gasteiger partial charge is 0.481 e. The molecule has 0 aromatic rings. The molecule has 1 radical (unpaired) electrons. The van der Waals surface area contributed by atoms with Crippen LogP contribution in [0.1, 0.15) is 26.2 Å². The van der Waals surface area contributed by atoms with Gasteiger partial charge in [0.15, 0.2) is 0 Å². The second-order valence-corrected chi connectivity index (χ2v) is 2.00. The standard InChI is InChI=1S/C8H13O2.CH3.Y/c1-2-3-4-5-6-7-8(9)10;;/h3,5-6H,2,4,7H2,1H3,(H,9,10);1H3;/q2*-1;. The van der Waals surface area contributed by atoms with Crippen molar-refractivity contribution in [3.05, 3.63) is 26.0 Å².